The summed E-state index contributed by atoms with van der Waals surface area (Å²) in [5, 5.41) is 0. The third-order valence-corrected chi connectivity index (χ3v) is 5.25. The highest BCUT2D eigenvalue weighted by molar-refractivity contribution is 5.14. The van der Waals surface area contributed by atoms with E-state index in [4.69, 9.17) is 0 Å². The van der Waals surface area contributed by atoms with Gasteiger partial charge in [0.15, 0.2) is 0 Å². The first-order valence-corrected chi connectivity index (χ1v) is 8.68. The van der Waals surface area contributed by atoms with Crippen LogP contribution in [0.4, 0.5) is 0 Å². The first kappa shape index (κ1) is 25.8. The van der Waals surface area contributed by atoms with Gasteiger partial charge >= 0.3 is 0 Å². The van der Waals surface area contributed by atoms with Crippen LogP contribution in [0.2, 0.25) is 0 Å². The lowest BCUT2D eigenvalue weighted by Crippen LogP contribution is -3.00. The van der Waals surface area contributed by atoms with Crippen molar-refractivity contribution < 1.29 is 56.9 Å². The van der Waals surface area contributed by atoms with Crippen LogP contribution in [0, 0.1) is 0 Å². The van der Waals surface area contributed by atoms with E-state index in [-0.39, 0.29) is 48.0 Å². The molecule has 0 amide bonds. The van der Waals surface area contributed by atoms with E-state index in [0.717, 1.165) is 0 Å². The Kier molecular flexibility index (Phi) is 14.5. The maximum atomic E-state index is 2.45. The van der Waals surface area contributed by atoms with Gasteiger partial charge in [-0.15, -0.1) is 0 Å². The van der Waals surface area contributed by atoms with Crippen molar-refractivity contribution in [2.45, 2.75) is 33.6 Å². The standard InChI is InChI=1S/C19H36N2.2HI/c1-6-15-21(5,18-17-20(4,7-2)8-3)16-14-19-12-10-9-11-13-19;;/h9-13H,6-8,14-18H2,1-5H3;2*1H/q+2;;/p-2. The van der Waals surface area contributed by atoms with Gasteiger partial charge in [0.25, 0.3) is 0 Å². The molecule has 0 N–H and O–H groups in total. The van der Waals surface area contributed by atoms with Gasteiger partial charge in [0.05, 0.1) is 40.3 Å². The number of benzene rings is 1. The molecule has 0 aliphatic carbocycles. The van der Waals surface area contributed by atoms with Crippen LogP contribution in [0.15, 0.2) is 30.3 Å². The summed E-state index contributed by atoms with van der Waals surface area (Å²) in [6.07, 6.45) is 2.46. The molecule has 136 valence electrons. The molecule has 1 aromatic rings. The van der Waals surface area contributed by atoms with Crippen LogP contribution >= 0.6 is 0 Å². The van der Waals surface area contributed by atoms with Crippen LogP contribution in [0.5, 0.6) is 0 Å². The number of likely N-dealkylation sites (N-methyl/N-ethyl adjacent to an activating group) is 2. The molecule has 23 heavy (non-hydrogen) atoms. The van der Waals surface area contributed by atoms with Crippen LogP contribution in [0.3, 0.4) is 0 Å². The summed E-state index contributed by atoms with van der Waals surface area (Å²) in [5.74, 6) is 0. The molecule has 0 spiro atoms. The summed E-state index contributed by atoms with van der Waals surface area (Å²) >= 11 is 0. The van der Waals surface area contributed by atoms with Gasteiger partial charge in [0.2, 0.25) is 0 Å². The van der Waals surface area contributed by atoms with Gasteiger partial charge in [-0.1, -0.05) is 37.3 Å². The Morgan fingerprint density at radius 3 is 1.70 bits per heavy atom. The van der Waals surface area contributed by atoms with Gasteiger partial charge in [0, 0.05) is 6.42 Å². The van der Waals surface area contributed by atoms with Crippen molar-refractivity contribution in [3.8, 4) is 0 Å². The zero-order valence-electron chi connectivity index (χ0n) is 15.7. The quantitative estimate of drug-likeness (QED) is 0.227. The number of halogens is 2. The fourth-order valence-corrected chi connectivity index (χ4v) is 2.94. The van der Waals surface area contributed by atoms with Gasteiger partial charge in [-0.25, -0.2) is 0 Å². The average Bonchev–Trinajstić information content (AvgIpc) is 2.52. The Morgan fingerprint density at radius 1 is 0.696 bits per heavy atom. The van der Waals surface area contributed by atoms with Crippen molar-refractivity contribution in [2.24, 2.45) is 0 Å². The molecule has 0 radical (unpaired) electrons. The van der Waals surface area contributed by atoms with Crippen LogP contribution in [0.25, 0.3) is 0 Å². The fraction of sp³-hybridized carbons (Fsp3) is 0.684. The Labute approximate surface area is 178 Å². The van der Waals surface area contributed by atoms with E-state index in [1.807, 2.05) is 0 Å². The van der Waals surface area contributed by atoms with Crippen LogP contribution in [-0.4, -0.2) is 62.3 Å². The van der Waals surface area contributed by atoms with Gasteiger partial charge in [-0.3, -0.25) is 0 Å². The van der Waals surface area contributed by atoms with Crippen molar-refractivity contribution in [2.75, 3.05) is 53.4 Å². The molecule has 0 fully saturated rings. The maximum Gasteiger partial charge on any atom is 0.128 e. The average molecular weight is 546 g/mol. The predicted molar refractivity (Wildman–Crippen MR) is 93.4 cm³/mol. The highest BCUT2D eigenvalue weighted by Crippen LogP contribution is 2.11. The Morgan fingerprint density at radius 2 is 1.22 bits per heavy atom. The molecule has 0 saturated carbocycles. The zero-order chi connectivity index (χ0) is 15.8. The molecule has 4 heteroatoms. The topological polar surface area (TPSA) is 0 Å². The molecule has 1 aromatic carbocycles. The summed E-state index contributed by atoms with van der Waals surface area (Å²) in [6, 6.07) is 10.9. The molecule has 1 atom stereocenters. The molecule has 0 heterocycles. The normalized spacial score (nSPS) is 13.6. The monoisotopic (exact) mass is 546 g/mol. The number of quaternary nitrogens is 2. The highest BCUT2D eigenvalue weighted by Gasteiger charge is 2.26. The van der Waals surface area contributed by atoms with Gasteiger partial charge < -0.3 is 56.9 Å². The van der Waals surface area contributed by atoms with Gasteiger partial charge in [-0.2, -0.15) is 0 Å². The number of nitrogens with zero attached hydrogens (tertiary/aromatic N) is 2. The smallest absolute Gasteiger partial charge is 0.128 e. The Balaban J connectivity index is 0. The van der Waals surface area contributed by atoms with Crippen molar-refractivity contribution >= 4 is 0 Å². The molecular weight excluding hydrogens is 510 g/mol. The van der Waals surface area contributed by atoms with Crippen LogP contribution in [0.1, 0.15) is 32.8 Å². The zero-order valence-corrected chi connectivity index (χ0v) is 20.0. The summed E-state index contributed by atoms with van der Waals surface area (Å²) in [5.41, 5.74) is 1.47. The second kappa shape index (κ2) is 12.9. The van der Waals surface area contributed by atoms with Gasteiger partial charge in [0.1, 0.15) is 13.1 Å². The molecule has 2 nitrogen and oxygen atoms in total. The third-order valence-electron chi connectivity index (χ3n) is 5.25. The summed E-state index contributed by atoms with van der Waals surface area (Å²) in [4.78, 5) is 0. The molecule has 0 aromatic heterocycles. The van der Waals surface area contributed by atoms with E-state index in [1.54, 1.807) is 0 Å². The predicted octanol–water partition coefficient (Wildman–Crippen LogP) is -2.42. The lowest BCUT2D eigenvalue weighted by Gasteiger charge is -2.39. The minimum Gasteiger partial charge on any atom is -1.00 e. The minimum absolute atomic E-state index is 0. The first-order valence-electron chi connectivity index (χ1n) is 8.68. The van der Waals surface area contributed by atoms with E-state index >= 15 is 0 Å². The number of rotatable bonds is 10. The SMILES string of the molecule is CCC[N+](C)(CCc1ccccc1)CC[N+](C)(CC)CC.[I-].[I-]. The van der Waals surface area contributed by atoms with E-state index < -0.39 is 0 Å². The summed E-state index contributed by atoms with van der Waals surface area (Å²) < 4.78 is 2.40. The molecule has 1 unspecified atom stereocenters. The minimum atomic E-state index is 0. The Hall–Kier alpha value is 0.600. The molecule has 0 aliphatic rings. The highest BCUT2D eigenvalue weighted by atomic mass is 127. The molecular formula is C19H36I2N2. The molecule has 0 aliphatic heterocycles. The second-order valence-electron chi connectivity index (χ2n) is 7.00. The van der Waals surface area contributed by atoms with Gasteiger partial charge in [-0.05, 0) is 25.8 Å². The lowest BCUT2D eigenvalue weighted by molar-refractivity contribution is -0.962. The van der Waals surface area contributed by atoms with Crippen molar-refractivity contribution in [3.63, 3.8) is 0 Å². The van der Waals surface area contributed by atoms with E-state index in [1.165, 1.54) is 66.6 Å². The summed E-state index contributed by atoms with van der Waals surface area (Å²) in [6.45, 7) is 14.5. The summed E-state index contributed by atoms with van der Waals surface area (Å²) in [7, 11) is 4.84. The van der Waals surface area contributed by atoms with E-state index in [9.17, 15) is 0 Å². The molecule has 0 saturated heterocycles. The van der Waals surface area contributed by atoms with Crippen molar-refractivity contribution in [1.82, 2.24) is 0 Å². The maximum absolute atomic E-state index is 2.45. The van der Waals surface area contributed by atoms with Crippen molar-refractivity contribution in [1.29, 1.82) is 0 Å². The number of hydrogen-bond acceptors (Lipinski definition) is 0. The molecule has 1 rings (SSSR count). The second-order valence-corrected chi connectivity index (χ2v) is 7.00. The van der Waals surface area contributed by atoms with Crippen LogP contribution in [-0.2, 0) is 6.42 Å². The van der Waals surface area contributed by atoms with Crippen LogP contribution < -0.4 is 48.0 Å². The van der Waals surface area contributed by atoms with Crippen molar-refractivity contribution in [3.05, 3.63) is 35.9 Å². The largest absolute Gasteiger partial charge is 1.00 e. The first-order chi connectivity index (χ1) is 9.97. The Bertz CT molecular complexity index is 394. The lowest BCUT2D eigenvalue weighted by atomic mass is 10.1. The van der Waals surface area contributed by atoms with E-state index in [0.29, 0.717) is 0 Å². The number of hydrogen-bond donors (Lipinski definition) is 0. The van der Waals surface area contributed by atoms with E-state index in [2.05, 4.69) is 65.2 Å². The fourth-order valence-electron chi connectivity index (χ4n) is 2.94. The third kappa shape index (κ3) is 9.60. The molecule has 0 bridgehead atoms.